The molecule has 190 valence electrons. The monoisotopic (exact) mass is 532 g/mol. The number of benzene rings is 1. The summed E-state index contributed by atoms with van der Waals surface area (Å²) in [4.78, 5) is 26.3. The van der Waals surface area contributed by atoms with Crippen LogP contribution in [0.25, 0.3) is 0 Å². The summed E-state index contributed by atoms with van der Waals surface area (Å²) in [7, 11) is -2.09. The summed E-state index contributed by atoms with van der Waals surface area (Å²) in [6, 6.07) is 2.22. The molecular formula is C24H25ClN4O6S. The van der Waals surface area contributed by atoms with E-state index < -0.39 is 27.7 Å². The zero-order valence-corrected chi connectivity index (χ0v) is 21.9. The smallest absolute Gasteiger partial charge is 0.348 e. The first kappa shape index (κ1) is 27.1. The van der Waals surface area contributed by atoms with Gasteiger partial charge in [0.2, 0.25) is 11.7 Å². The highest BCUT2D eigenvalue weighted by atomic mass is 35.5. The number of terminal acetylenes is 1. The Labute approximate surface area is 213 Å². The van der Waals surface area contributed by atoms with Crippen molar-refractivity contribution >= 4 is 33.2 Å². The summed E-state index contributed by atoms with van der Waals surface area (Å²) in [5.41, 5.74) is 0.546. The second-order valence-electron chi connectivity index (χ2n) is 8.48. The van der Waals surface area contributed by atoms with E-state index in [0.29, 0.717) is 5.69 Å². The Kier molecular flexibility index (Phi) is 7.73. The van der Waals surface area contributed by atoms with Gasteiger partial charge in [-0.1, -0.05) is 17.5 Å². The molecular weight excluding hydrogens is 508 g/mol. The van der Waals surface area contributed by atoms with Gasteiger partial charge in [0.25, 0.3) is 0 Å². The van der Waals surface area contributed by atoms with Crippen LogP contribution < -0.4 is 4.74 Å². The molecule has 2 aromatic heterocycles. The molecule has 1 atom stereocenters. The molecule has 0 saturated heterocycles. The third kappa shape index (κ3) is 5.36. The Morgan fingerprint density at radius 2 is 1.92 bits per heavy atom. The number of nitrogens with zero attached hydrogens (tertiary/aromatic N) is 4. The molecule has 3 rings (SSSR count). The van der Waals surface area contributed by atoms with E-state index in [4.69, 9.17) is 22.8 Å². The van der Waals surface area contributed by atoms with Crippen LogP contribution in [0.3, 0.4) is 0 Å². The van der Waals surface area contributed by atoms with E-state index >= 15 is 0 Å². The predicted octanol–water partition coefficient (Wildman–Crippen LogP) is 2.55. The van der Waals surface area contributed by atoms with Crippen molar-refractivity contribution in [2.75, 3.05) is 6.26 Å². The summed E-state index contributed by atoms with van der Waals surface area (Å²) in [5, 5.41) is 18.1. The first-order valence-corrected chi connectivity index (χ1v) is 13.0. The minimum absolute atomic E-state index is 0.0104. The lowest BCUT2D eigenvalue weighted by Crippen LogP contribution is -2.17. The second-order valence-corrected chi connectivity index (χ2v) is 10.8. The highest BCUT2D eigenvalue weighted by molar-refractivity contribution is 7.90. The molecule has 0 aliphatic heterocycles. The van der Waals surface area contributed by atoms with E-state index in [1.807, 2.05) is 0 Å². The third-order valence-electron chi connectivity index (χ3n) is 5.34. The minimum atomic E-state index is -3.75. The van der Waals surface area contributed by atoms with Crippen molar-refractivity contribution in [3.8, 4) is 18.2 Å². The van der Waals surface area contributed by atoms with Gasteiger partial charge in [-0.3, -0.25) is 9.48 Å². The summed E-state index contributed by atoms with van der Waals surface area (Å²) >= 11 is 6.50. The fraction of sp³-hybridized carbons (Fsp3) is 0.333. The topological polar surface area (TPSA) is 133 Å². The normalized spacial score (nSPS) is 12.4. The number of carbonyl (C=O) groups is 2. The number of sulfone groups is 1. The number of esters is 1. The maximum atomic E-state index is 13.6. The molecule has 10 nitrogen and oxygen atoms in total. The molecule has 0 spiro atoms. The number of ether oxygens (including phenoxy) is 1. The molecule has 36 heavy (non-hydrogen) atoms. The lowest BCUT2D eigenvalue weighted by atomic mass is 10.00. The van der Waals surface area contributed by atoms with E-state index in [0.717, 1.165) is 6.26 Å². The van der Waals surface area contributed by atoms with E-state index in [9.17, 15) is 23.1 Å². The molecule has 3 aromatic rings. The van der Waals surface area contributed by atoms with E-state index in [1.165, 1.54) is 33.9 Å². The first-order chi connectivity index (χ1) is 16.8. The zero-order valence-electron chi connectivity index (χ0n) is 20.3. The number of hydrogen-bond donors (Lipinski definition) is 1. The Bertz CT molecular complexity index is 1500. The van der Waals surface area contributed by atoms with Crippen molar-refractivity contribution in [2.24, 2.45) is 7.05 Å². The van der Waals surface area contributed by atoms with Gasteiger partial charge in [0, 0.05) is 31.5 Å². The number of rotatable bonds is 8. The van der Waals surface area contributed by atoms with Crippen LogP contribution in [-0.2, 0) is 23.3 Å². The van der Waals surface area contributed by atoms with Gasteiger partial charge in [-0.2, -0.15) is 10.2 Å². The quantitative estimate of drug-likeness (QED) is 0.266. The number of aliphatic hydroxyl groups excluding tert-OH is 1. The maximum Gasteiger partial charge on any atom is 0.348 e. The van der Waals surface area contributed by atoms with Gasteiger partial charge in [-0.25, -0.2) is 17.9 Å². The number of aromatic nitrogens is 4. The molecule has 0 amide bonds. The zero-order chi connectivity index (χ0) is 26.9. The minimum Gasteiger partial charge on any atom is -0.403 e. The number of carbonyl (C=O) groups excluding carboxylic acids is 2. The second kappa shape index (κ2) is 10.3. The Morgan fingerprint density at radius 3 is 2.44 bits per heavy atom. The predicted molar refractivity (Wildman–Crippen MR) is 132 cm³/mol. The molecule has 1 N–H and O–H groups in total. The first-order valence-electron chi connectivity index (χ1n) is 10.8. The van der Waals surface area contributed by atoms with Crippen molar-refractivity contribution in [1.82, 2.24) is 19.6 Å². The number of hydrogen-bond acceptors (Lipinski definition) is 8. The van der Waals surface area contributed by atoms with Crippen LogP contribution in [-0.4, -0.2) is 57.2 Å². The Hall–Kier alpha value is -3.46. The standard InChI is InChI=1S/C24H25ClN4O6S/c1-7-15(30)10-17-20(36(6,33)34)9-8-16(21(17)25)22(31)18-11-26-29(13(2)3)23(18)35-24(32)19-12-28(5)27-14(19)4/h1,8-9,11-13,15,30H,10H2,2-6H3. The molecule has 2 heterocycles. The van der Waals surface area contributed by atoms with E-state index in [2.05, 4.69) is 16.1 Å². The molecule has 1 aromatic carbocycles. The number of ketones is 1. The van der Waals surface area contributed by atoms with Gasteiger partial charge in [-0.15, -0.1) is 6.42 Å². The van der Waals surface area contributed by atoms with Crippen LogP contribution in [0.4, 0.5) is 0 Å². The van der Waals surface area contributed by atoms with Crippen LogP contribution in [0, 0.1) is 19.3 Å². The molecule has 0 aliphatic rings. The highest BCUT2D eigenvalue weighted by Gasteiger charge is 2.29. The third-order valence-corrected chi connectivity index (χ3v) is 6.95. The molecule has 0 bridgehead atoms. The van der Waals surface area contributed by atoms with Crippen LogP contribution in [0.1, 0.15) is 57.4 Å². The van der Waals surface area contributed by atoms with Crippen molar-refractivity contribution in [2.45, 2.75) is 44.2 Å². The molecule has 12 heteroatoms. The van der Waals surface area contributed by atoms with Crippen molar-refractivity contribution < 1.29 is 27.9 Å². The number of aliphatic hydroxyl groups is 1. The van der Waals surface area contributed by atoms with Gasteiger partial charge in [0.1, 0.15) is 17.2 Å². The fourth-order valence-electron chi connectivity index (χ4n) is 3.63. The maximum absolute atomic E-state index is 13.6. The summed E-state index contributed by atoms with van der Waals surface area (Å²) in [5.74, 6) is 0.621. The molecule has 0 aliphatic carbocycles. The van der Waals surface area contributed by atoms with Gasteiger partial charge >= 0.3 is 5.97 Å². The van der Waals surface area contributed by atoms with Crippen LogP contribution >= 0.6 is 11.6 Å². The van der Waals surface area contributed by atoms with Crippen LogP contribution in [0.2, 0.25) is 5.02 Å². The van der Waals surface area contributed by atoms with Crippen molar-refractivity contribution in [3.05, 3.63) is 57.5 Å². The Morgan fingerprint density at radius 1 is 1.25 bits per heavy atom. The SMILES string of the molecule is C#CC(O)Cc1c(S(C)(=O)=O)ccc(C(=O)c2cnn(C(C)C)c2OC(=O)c2cn(C)nc2C)c1Cl. The Balaban J connectivity index is 2.13. The van der Waals surface area contributed by atoms with Crippen molar-refractivity contribution in [3.63, 3.8) is 0 Å². The van der Waals surface area contributed by atoms with Crippen LogP contribution in [0.5, 0.6) is 5.88 Å². The number of halogens is 1. The van der Waals surface area contributed by atoms with Crippen LogP contribution in [0.15, 0.2) is 29.4 Å². The van der Waals surface area contributed by atoms with Crippen molar-refractivity contribution in [1.29, 1.82) is 0 Å². The van der Waals surface area contributed by atoms with Gasteiger partial charge < -0.3 is 9.84 Å². The average molecular weight is 533 g/mol. The largest absolute Gasteiger partial charge is 0.403 e. The molecule has 0 fully saturated rings. The summed E-state index contributed by atoms with van der Waals surface area (Å²) in [6.45, 7) is 5.24. The number of aryl methyl sites for hydroxylation is 2. The molecule has 0 radical (unpaired) electrons. The fourth-order valence-corrected chi connectivity index (χ4v) is 4.96. The van der Waals surface area contributed by atoms with E-state index in [1.54, 1.807) is 27.8 Å². The lowest BCUT2D eigenvalue weighted by molar-refractivity contribution is 0.0713. The molecule has 1 unspecified atom stereocenters. The van der Waals surface area contributed by atoms with Gasteiger partial charge in [0.15, 0.2) is 9.84 Å². The van der Waals surface area contributed by atoms with Gasteiger partial charge in [0.05, 0.1) is 27.9 Å². The summed E-state index contributed by atoms with van der Waals surface area (Å²) in [6.07, 6.45) is 7.37. The highest BCUT2D eigenvalue weighted by Crippen LogP contribution is 2.33. The molecule has 0 saturated carbocycles. The summed E-state index contributed by atoms with van der Waals surface area (Å²) < 4.78 is 33.0. The van der Waals surface area contributed by atoms with Gasteiger partial charge in [-0.05, 0) is 38.5 Å². The van der Waals surface area contributed by atoms with E-state index in [-0.39, 0.29) is 50.5 Å². The lowest BCUT2D eigenvalue weighted by Gasteiger charge is -2.15. The average Bonchev–Trinajstić information content (AvgIpc) is 3.35.